The molecule has 2 aliphatic carbocycles. The summed E-state index contributed by atoms with van der Waals surface area (Å²) in [5.74, 6) is 2.28. The van der Waals surface area contributed by atoms with Crippen LogP contribution in [0.2, 0.25) is 5.02 Å². The number of halogens is 1. The molecule has 69 heavy (non-hydrogen) atoms. The summed E-state index contributed by atoms with van der Waals surface area (Å²) in [5, 5.41) is 17.2. The van der Waals surface area contributed by atoms with E-state index in [0.717, 1.165) is 99.8 Å². The fourth-order valence-corrected chi connectivity index (χ4v) is 15.0. The van der Waals surface area contributed by atoms with Gasteiger partial charge in [-0.1, -0.05) is 43.2 Å². The number of benzene rings is 3. The molecule has 0 radical (unpaired) electrons. The number of H-pyrrole nitrogens is 1. The van der Waals surface area contributed by atoms with Gasteiger partial charge in [-0.3, -0.25) is 19.8 Å². The highest BCUT2D eigenvalue weighted by Crippen LogP contribution is 2.54. The van der Waals surface area contributed by atoms with Crippen LogP contribution in [0.5, 0.6) is 5.88 Å². The van der Waals surface area contributed by atoms with Gasteiger partial charge < -0.3 is 24.8 Å². The van der Waals surface area contributed by atoms with Crippen LogP contribution in [0.25, 0.3) is 16.6 Å². The first kappa shape index (κ1) is 47.7. The third kappa shape index (κ3) is 10.4. The van der Waals surface area contributed by atoms with Crippen molar-refractivity contribution in [3.05, 3.63) is 111 Å². The minimum atomic E-state index is -4.57. The topological polar surface area (TPSA) is 166 Å². The number of piperazine rings is 1. The fraction of sp³-hybridized carbons (Fsp3) is 0.451. The summed E-state index contributed by atoms with van der Waals surface area (Å²) in [5.41, 5.74) is 7.10. The molecule has 2 saturated heterocycles. The number of carbonyl (C=O) groups is 1. The van der Waals surface area contributed by atoms with Crippen molar-refractivity contribution in [1.82, 2.24) is 19.6 Å². The highest BCUT2D eigenvalue weighted by Gasteiger charge is 2.39. The maximum Gasteiger partial charge on any atom is 0.293 e. The second kappa shape index (κ2) is 19.7. The van der Waals surface area contributed by atoms with Gasteiger partial charge in [-0.15, -0.1) is 23.5 Å². The van der Waals surface area contributed by atoms with Crippen LogP contribution in [0.3, 0.4) is 0 Å². The first-order valence-corrected chi connectivity index (χ1v) is 27.9. The Labute approximate surface area is 417 Å². The van der Waals surface area contributed by atoms with Gasteiger partial charge in [-0.25, -0.2) is 13.1 Å². The Morgan fingerprint density at radius 2 is 1.72 bits per heavy atom. The second-order valence-electron chi connectivity index (χ2n) is 19.8. The zero-order valence-electron chi connectivity index (χ0n) is 39.1. The molecule has 3 aromatic carbocycles. The largest absolute Gasteiger partial charge is 0.476 e. The van der Waals surface area contributed by atoms with E-state index in [2.05, 4.69) is 74.3 Å². The highest BCUT2D eigenvalue weighted by atomic mass is 35.5. The molecule has 0 atom stereocenters. The number of ether oxygens (including phenoxy) is 1. The first-order valence-electron chi connectivity index (χ1n) is 24.1. The van der Waals surface area contributed by atoms with Crippen molar-refractivity contribution in [3.8, 4) is 5.88 Å². The van der Waals surface area contributed by atoms with Crippen LogP contribution in [-0.4, -0.2) is 102 Å². The number of hydrogen-bond acceptors (Lipinski definition) is 13. The number of hydrogen-bond donors (Lipinski definition) is 3. The molecule has 5 aromatic rings. The molecule has 14 nitrogen and oxygen atoms in total. The van der Waals surface area contributed by atoms with Gasteiger partial charge in [0.15, 0.2) is 0 Å². The maximum absolute atomic E-state index is 14.5. The lowest BCUT2D eigenvalue weighted by Gasteiger charge is -2.39. The summed E-state index contributed by atoms with van der Waals surface area (Å²) in [6.45, 7) is 10.2. The Bertz CT molecular complexity index is 2890. The number of aromatic nitrogens is 2. The number of allylic oxidation sites excluding steroid dienone is 1. The molecule has 2 aromatic heterocycles. The van der Waals surface area contributed by atoms with E-state index in [1.807, 2.05) is 47.5 Å². The van der Waals surface area contributed by atoms with Crippen LogP contribution in [0.15, 0.2) is 89.5 Å². The van der Waals surface area contributed by atoms with Crippen LogP contribution in [0.4, 0.5) is 28.4 Å². The van der Waals surface area contributed by atoms with Gasteiger partial charge in [0, 0.05) is 85.7 Å². The zero-order valence-corrected chi connectivity index (χ0v) is 42.3. The summed E-state index contributed by atoms with van der Waals surface area (Å²) in [7, 11) is -4.57. The molecule has 5 aliphatic rings. The molecule has 3 N–H and O–H groups in total. The van der Waals surface area contributed by atoms with Crippen molar-refractivity contribution in [1.29, 1.82) is 0 Å². The predicted molar refractivity (Wildman–Crippen MR) is 280 cm³/mol. The van der Waals surface area contributed by atoms with Crippen LogP contribution in [-0.2, 0) is 10.0 Å². The van der Waals surface area contributed by atoms with Crippen molar-refractivity contribution in [2.45, 2.75) is 74.2 Å². The number of nitrogens with one attached hydrogen (secondary N) is 3. The zero-order chi connectivity index (χ0) is 47.9. The molecular formula is C51H59ClN8O6S3. The molecule has 18 heteroatoms. The Balaban J connectivity index is 0.895. The van der Waals surface area contributed by atoms with E-state index in [1.54, 1.807) is 6.07 Å². The molecule has 0 unspecified atom stereocenters. The number of anilines is 4. The van der Waals surface area contributed by atoms with Gasteiger partial charge in [-0.2, -0.15) is 4.98 Å². The minimum absolute atomic E-state index is 0.126. The minimum Gasteiger partial charge on any atom is -0.476 e. The van der Waals surface area contributed by atoms with Crippen LogP contribution >= 0.6 is 35.1 Å². The van der Waals surface area contributed by atoms with Crippen molar-refractivity contribution >= 4 is 96.1 Å². The van der Waals surface area contributed by atoms with Crippen LogP contribution in [0.1, 0.15) is 81.1 Å². The number of amides is 1. The Kier molecular flexibility index (Phi) is 13.6. The van der Waals surface area contributed by atoms with Gasteiger partial charge in [0.2, 0.25) is 5.88 Å². The van der Waals surface area contributed by atoms with Gasteiger partial charge in [-0.05, 0) is 128 Å². The lowest BCUT2D eigenvalue weighted by Crippen LogP contribution is -2.47. The van der Waals surface area contributed by atoms with Crippen molar-refractivity contribution < 1.29 is 22.9 Å². The van der Waals surface area contributed by atoms with Crippen molar-refractivity contribution in [2.75, 3.05) is 79.0 Å². The Morgan fingerprint density at radius 1 is 0.957 bits per heavy atom. The Morgan fingerprint density at radius 3 is 2.48 bits per heavy atom. The van der Waals surface area contributed by atoms with E-state index in [-0.39, 0.29) is 27.2 Å². The van der Waals surface area contributed by atoms with E-state index < -0.39 is 20.9 Å². The number of thioether (sulfide) groups is 2. The van der Waals surface area contributed by atoms with Crippen LogP contribution < -0.4 is 24.6 Å². The summed E-state index contributed by atoms with van der Waals surface area (Å²) in [4.78, 5) is 40.7. The molecule has 1 amide bonds. The van der Waals surface area contributed by atoms with E-state index in [9.17, 15) is 23.3 Å². The van der Waals surface area contributed by atoms with Gasteiger partial charge >= 0.3 is 0 Å². The van der Waals surface area contributed by atoms with E-state index in [0.29, 0.717) is 59.0 Å². The molecule has 3 aliphatic heterocycles. The molecule has 1 saturated carbocycles. The summed E-state index contributed by atoms with van der Waals surface area (Å²) in [6.07, 6.45) is 9.94. The maximum atomic E-state index is 14.5. The average Bonchev–Trinajstić information content (AvgIpc) is 3.95. The average molecular weight is 1010 g/mol. The number of rotatable bonds is 12. The molecule has 364 valence electrons. The standard InChI is InChI=1S/C51H59ClN8O6S3/c1-50(2)16-14-37(42(31-50)35-4-6-38(52)7-5-35)33-57-21-23-58(24-22-57)39-8-10-41(44(29-39)59-20-3-25-66-49-46(59)28-36-15-19-53-47(36)55-49)48(61)56-69(64,65)40-9-11-43(45(30-40)60(62)63)54-32-34-12-17-51(18-13-34)67-26-27-68-51/h4-11,15,19,28-30,34,54H,3,12-14,16-18,20-27,31-33H2,1-2H3,(H,53,55)(H,56,61). The number of nitro benzene ring substituents is 1. The third-order valence-electron chi connectivity index (χ3n) is 14.5. The number of pyridine rings is 1. The monoisotopic (exact) mass is 1010 g/mol. The lowest BCUT2D eigenvalue weighted by molar-refractivity contribution is -0.384. The number of nitrogens with zero attached hydrogens (tertiary/aromatic N) is 5. The SMILES string of the molecule is CC1(C)CCC(CN2CCN(c3ccc(C(=O)NS(=O)(=O)c4ccc(NCC5CCC6(CC5)SCCS6)c([N+](=O)[O-])c4)c(N4CCCOc5nc6[nH]ccc6cc54)c3)CC2)=C(c2ccc(Cl)cc2)C1. The van der Waals surface area contributed by atoms with Crippen molar-refractivity contribution in [2.24, 2.45) is 11.3 Å². The molecule has 1 spiro atoms. The highest BCUT2D eigenvalue weighted by molar-refractivity contribution is 8.21. The molecular weight excluding hydrogens is 952 g/mol. The quantitative estimate of drug-likeness (QED) is 0.0799. The molecule has 10 rings (SSSR count). The summed E-state index contributed by atoms with van der Waals surface area (Å²) < 4.78 is 36.9. The molecule has 5 heterocycles. The molecule has 0 bridgehead atoms. The summed E-state index contributed by atoms with van der Waals surface area (Å²) >= 11 is 10.4. The third-order valence-corrected chi connectivity index (χ3v) is 19.8. The van der Waals surface area contributed by atoms with E-state index >= 15 is 0 Å². The summed E-state index contributed by atoms with van der Waals surface area (Å²) in [6, 6.07) is 21.4. The van der Waals surface area contributed by atoms with E-state index in [4.69, 9.17) is 21.3 Å². The number of sulfonamides is 1. The van der Waals surface area contributed by atoms with Crippen LogP contribution in [0, 0.1) is 21.4 Å². The fourth-order valence-electron chi connectivity index (χ4n) is 10.6. The predicted octanol–water partition coefficient (Wildman–Crippen LogP) is 10.7. The van der Waals surface area contributed by atoms with Gasteiger partial charge in [0.05, 0.1) is 31.8 Å². The smallest absolute Gasteiger partial charge is 0.293 e. The molecule has 3 fully saturated rings. The Hall–Kier alpha value is -4.94. The number of aromatic amines is 1. The van der Waals surface area contributed by atoms with E-state index in [1.165, 1.54) is 40.3 Å². The number of fused-ring (bicyclic) bond motifs is 2. The van der Waals surface area contributed by atoms with Crippen molar-refractivity contribution in [3.63, 3.8) is 0 Å². The number of carbonyl (C=O) groups excluding carboxylic acids is 1. The lowest BCUT2D eigenvalue weighted by atomic mass is 9.72. The first-order chi connectivity index (χ1) is 33.2. The van der Waals surface area contributed by atoms with Gasteiger partial charge in [0.1, 0.15) is 17.0 Å². The normalized spacial score (nSPS) is 19.9. The van der Waals surface area contributed by atoms with Gasteiger partial charge in [0.25, 0.3) is 21.6 Å². The second-order valence-corrected chi connectivity index (χ2v) is 25.1. The number of nitro groups is 1.